The van der Waals surface area contributed by atoms with E-state index in [4.69, 9.17) is 0 Å². The SMILES string of the molecule is CC1CCC(C)C(C(C)NC(=O)NCc2ccnc(OC(F)F)c2)C1. The van der Waals surface area contributed by atoms with E-state index in [1.807, 2.05) is 6.92 Å². The van der Waals surface area contributed by atoms with Crippen LogP contribution in [0.25, 0.3) is 0 Å². The van der Waals surface area contributed by atoms with Crippen molar-refractivity contribution in [1.82, 2.24) is 15.6 Å². The van der Waals surface area contributed by atoms with Gasteiger partial charge in [0.1, 0.15) is 0 Å². The Morgan fingerprint density at radius 2 is 2.16 bits per heavy atom. The molecule has 0 aliphatic heterocycles. The van der Waals surface area contributed by atoms with E-state index in [2.05, 4.69) is 34.2 Å². The van der Waals surface area contributed by atoms with Crippen molar-refractivity contribution in [2.45, 2.75) is 59.2 Å². The topological polar surface area (TPSA) is 63.2 Å². The Kier molecular flexibility index (Phi) is 6.96. The summed E-state index contributed by atoms with van der Waals surface area (Å²) in [5, 5.41) is 5.76. The van der Waals surface area contributed by atoms with Gasteiger partial charge in [-0.15, -0.1) is 0 Å². The van der Waals surface area contributed by atoms with Gasteiger partial charge in [-0.25, -0.2) is 9.78 Å². The molecule has 1 aromatic heterocycles. The van der Waals surface area contributed by atoms with Crippen molar-refractivity contribution in [3.8, 4) is 5.88 Å². The molecule has 0 bridgehead atoms. The van der Waals surface area contributed by atoms with Gasteiger partial charge < -0.3 is 15.4 Å². The zero-order chi connectivity index (χ0) is 18.4. The van der Waals surface area contributed by atoms with Crippen LogP contribution in [0.1, 0.15) is 45.6 Å². The number of alkyl halides is 2. The molecule has 0 saturated heterocycles. The first kappa shape index (κ1) is 19.4. The summed E-state index contributed by atoms with van der Waals surface area (Å²) < 4.78 is 28.7. The standard InChI is InChI=1S/C18H27F2N3O2/c1-11-4-5-12(2)15(8-11)13(3)23-18(24)22-10-14-6-7-21-16(9-14)25-17(19)20/h6-7,9,11-13,15,17H,4-5,8,10H2,1-3H3,(H2,22,23,24). The van der Waals surface area contributed by atoms with Gasteiger partial charge in [0.05, 0.1) is 0 Å². The maximum Gasteiger partial charge on any atom is 0.388 e. The molecule has 1 aromatic rings. The number of halogens is 2. The number of rotatable bonds is 6. The van der Waals surface area contributed by atoms with Crippen molar-refractivity contribution in [1.29, 1.82) is 0 Å². The summed E-state index contributed by atoms with van der Waals surface area (Å²) in [7, 11) is 0. The zero-order valence-corrected chi connectivity index (χ0v) is 15.0. The van der Waals surface area contributed by atoms with Crippen molar-refractivity contribution in [3.63, 3.8) is 0 Å². The second kappa shape index (κ2) is 8.97. The molecular formula is C18H27F2N3O2. The fourth-order valence-corrected chi connectivity index (χ4v) is 3.54. The van der Waals surface area contributed by atoms with Gasteiger partial charge in [0.15, 0.2) is 0 Å². The first-order valence-corrected chi connectivity index (χ1v) is 8.79. The number of carbonyl (C=O) groups is 1. The number of amides is 2. The molecule has 0 aromatic carbocycles. The Morgan fingerprint density at radius 1 is 1.40 bits per heavy atom. The summed E-state index contributed by atoms with van der Waals surface area (Å²) in [4.78, 5) is 15.8. The fraction of sp³-hybridized carbons (Fsp3) is 0.667. The molecule has 2 rings (SSSR count). The molecule has 5 nitrogen and oxygen atoms in total. The van der Waals surface area contributed by atoms with Crippen LogP contribution < -0.4 is 15.4 Å². The maximum absolute atomic E-state index is 12.2. The molecule has 4 unspecified atom stereocenters. The van der Waals surface area contributed by atoms with Crippen LogP contribution in [0.15, 0.2) is 18.3 Å². The van der Waals surface area contributed by atoms with Gasteiger partial charge in [0, 0.05) is 24.8 Å². The maximum atomic E-state index is 12.2. The molecule has 4 atom stereocenters. The molecule has 1 heterocycles. The Morgan fingerprint density at radius 3 is 2.88 bits per heavy atom. The van der Waals surface area contributed by atoms with Gasteiger partial charge in [0.25, 0.3) is 0 Å². The summed E-state index contributed by atoms with van der Waals surface area (Å²) in [5.74, 6) is 1.61. The number of nitrogens with one attached hydrogen (secondary N) is 2. The number of hydrogen-bond donors (Lipinski definition) is 2. The van der Waals surface area contributed by atoms with Crippen LogP contribution in [0, 0.1) is 17.8 Å². The lowest BCUT2D eigenvalue weighted by atomic mass is 9.72. The smallest absolute Gasteiger partial charge is 0.388 e. The van der Waals surface area contributed by atoms with E-state index in [1.54, 1.807) is 6.07 Å². The number of urea groups is 1. The molecule has 0 spiro atoms. The molecule has 2 amide bonds. The van der Waals surface area contributed by atoms with E-state index in [9.17, 15) is 13.6 Å². The van der Waals surface area contributed by atoms with E-state index < -0.39 is 6.61 Å². The van der Waals surface area contributed by atoms with Gasteiger partial charge in [-0.05, 0) is 42.7 Å². The van der Waals surface area contributed by atoms with Crippen molar-refractivity contribution in [2.75, 3.05) is 0 Å². The minimum atomic E-state index is -2.92. The predicted octanol–water partition coefficient (Wildman–Crippen LogP) is 3.94. The minimum Gasteiger partial charge on any atom is -0.417 e. The Balaban J connectivity index is 1.82. The summed E-state index contributed by atoms with van der Waals surface area (Å²) in [6, 6.07) is 2.87. The molecule has 0 radical (unpaired) electrons. The quantitative estimate of drug-likeness (QED) is 0.812. The third-order valence-electron chi connectivity index (χ3n) is 4.98. The van der Waals surface area contributed by atoms with Gasteiger partial charge in [-0.1, -0.05) is 26.7 Å². The third kappa shape index (κ3) is 6.14. The normalized spacial score (nSPS) is 24.6. The zero-order valence-electron chi connectivity index (χ0n) is 15.0. The Labute approximate surface area is 147 Å². The first-order valence-electron chi connectivity index (χ1n) is 8.79. The summed E-state index contributed by atoms with van der Waals surface area (Å²) in [5.41, 5.74) is 0.646. The van der Waals surface area contributed by atoms with Crippen LogP contribution in [0.4, 0.5) is 13.6 Å². The molecule has 1 fully saturated rings. The van der Waals surface area contributed by atoms with Crippen LogP contribution in [-0.2, 0) is 6.54 Å². The number of hydrogen-bond acceptors (Lipinski definition) is 3. The van der Waals surface area contributed by atoms with Crippen LogP contribution in [0.5, 0.6) is 5.88 Å². The van der Waals surface area contributed by atoms with E-state index in [0.717, 1.165) is 6.42 Å². The van der Waals surface area contributed by atoms with Crippen LogP contribution >= 0.6 is 0 Å². The van der Waals surface area contributed by atoms with Gasteiger partial charge in [-0.2, -0.15) is 8.78 Å². The lowest BCUT2D eigenvalue weighted by molar-refractivity contribution is -0.0529. The summed E-state index contributed by atoms with van der Waals surface area (Å²) in [6.45, 7) is 3.85. The largest absolute Gasteiger partial charge is 0.417 e. The van der Waals surface area contributed by atoms with Crippen molar-refractivity contribution in [3.05, 3.63) is 23.9 Å². The minimum absolute atomic E-state index is 0.0907. The predicted molar refractivity (Wildman–Crippen MR) is 91.4 cm³/mol. The summed E-state index contributed by atoms with van der Waals surface area (Å²) in [6.07, 6.45) is 4.95. The van der Waals surface area contributed by atoms with Crippen molar-refractivity contribution < 1.29 is 18.3 Å². The average molecular weight is 355 g/mol. The van der Waals surface area contributed by atoms with Crippen molar-refractivity contribution in [2.24, 2.45) is 17.8 Å². The van der Waals surface area contributed by atoms with E-state index in [1.165, 1.54) is 25.1 Å². The van der Waals surface area contributed by atoms with E-state index in [0.29, 0.717) is 23.3 Å². The van der Waals surface area contributed by atoms with E-state index in [-0.39, 0.29) is 24.5 Å². The molecule has 2 N–H and O–H groups in total. The Hall–Kier alpha value is -1.92. The Bertz CT molecular complexity index is 571. The first-order chi connectivity index (χ1) is 11.8. The molecule has 7 heteroatoms. The number of pyridine rings is 1. The lowest BCUT2D eigenvalue weighted by Gasteiger charge is -2.36. The third-order valence-corrected chi connectivity index (χ3v) is 4.98. The highest BCUT2D eigenvalue weighted by Crippen LogP contribution is 2.35. The number of ether oxygens (including phenoxy) is 1. The van der Waals surface area contributed by atoms with Gasteiger partial charge in [-0.3, -0.25) is 0 Å². The second-order valence-corrected chi connectivity index (χ2v) is 7.06. The number of carbonyl (C=O) groups excluding carboxylic acids is 1. The molecular weight excluding hydrogens is 328 g/mol. The molecule has 25 heavy (non-hydrogen) atoms. The molecule has 1 saturated carbocycles. The monoisotopic (exact) mass is 355 g/mol. The summed E-state index contributed by atoms with van der Waals surface area (Å²) >= 11 is 0. The fourth-order valence-electron chi connectivity index (χ4n) is 3.54. The lowest BCUT2D eigenvalue weighted by Crippen LogP contribution is -2.46. The van der Waals surface area contributed by atoms with Crippen molar-refractivity contribution >= 4 is 6.03 Å². The number of nitrogens with zero attached hydrogens (tertiary/aromatic N) is 1. The van der Waals surface area contributed by atoms with Crippen LogP contribution in [-0.4, -0.2) is 23.7 Å². The van der Waals surface area contributed by atoms with Crippen LogP contribution in [0.3, 0.4) is 0 Å². The number of aromatic nitrogens is 1. The second-order valence-electron chi connectivity index (χ2n) is 7.06. The molecule has 1 aliphatic carbocycles. The molecule has 1 aliphatic rings. The highest BCUT2D eigenvalue weighted by molar-refractivity contribution is 5.74. The average Bonchev–Trinajstić information content (AvgIpc) is 2.55. The van der Waals surface area contributed by atoms with Crippen LogP contribution in [0.2, 0.25) is 0 Å². The van der Waals surface area contributed by atoms with E-state index >= 15 is 0 Å². The highest BCUT2D eigenvalue weighted by atomic mass is 19.3. The molecule has 140 valence electrons. The highest BCUT2D eigenvalue weighted by Gasteiger charge is 2.30. The van der Waals surface area contributed by atoms with Gasteiger partial charge >= 0.3 is 12.6 Å². The van der Waals surface area contributed by atoms with Gasteiger partial charge in [0.2, 0.25) is 5.88 Å².